The van der Waals surface area contributed by atoms with Gasteiger partial charge in [-0.1, -0.05) is 11.6 Å². The average Bonchev–Trinajstić information content (AvgIpc) is 2.79. The fraction of sp³-hybridized carbons (Fsp3) is 0.167. The van der Waals surface area contributed by atoms with Crippen LogP contribution in [-0.4, -0.2) is 10.9 Å². The van der Waals surface area contributed by atoms with E-state index in [1.165, 1.54) is 5.56 Å². The number of amides is 1. The predicted octanol–water partition coefficient (Wildman–Crippen LogP) is 4.95. The van der Waals surface area contributed by atoms with Crippen LogP contribution in [0.15, 0.2) is 36.4 Å². The molecular formula is C18H17IN2O. The van der Waals surface area contributed by atoms with Gasteiger partial charge >= 0.3 is 0 Å². The summed E-state index contributed by atoms with van der Waals surface area (Å²) in [5, 5.41) is 4.10. The second-order valence-corrected chi connectivity index (χ2v) is 6.83. The summed E-state index contributed by atoms with van der Waals surface area (Å²) < 4.78 is 1.16. The van der Waals surface area contributed by atoms with Gasteiger partial charge in [-0.2, -0.15) is 0 Å². The lowest BCUT2D eigenvalue weighted by Gasteiger charge is -2.08. The molecule has 0 bridgehead atoms. The Kier molecular flexibility index (Phi) is 3.95. The molecule has 0 saturated carbocycles. The van der Waals surface area contributed by atoms with Crippen molar-refractivity contribution in [1.82, 2.24) is 4.98 Å². The van der Waals surface area contributed by atoms with E-state index in [9.17, 15) is 4.79 Å². The van der Waals surface area contributed by atoms with Crippen molar-refractivity contribution < 1.29 is 4.79 Å². The van der Waals surface area contributed by atoms with Gasteiger partial charge in [0.2, 0.25) is 0 Å². The van der Waals surface area contributed by atoms with Gasteiger partial charge in [-0.05, 0) is 84.8 Å². The van der Waals surface area contributed by atoms with Gasteiger partial charge in [0.1, 0.15) is 5.69 Å². The first kappa shape index (κ1) is 15.1. The highest BCUT2D eigenvalue weighted by molar-refractivity contribution is 14.1. The smallest absolute Gasteiger partial charge is 0.272 e. The van der Waals surface area contributed by atoms with Gasteiger partial charge in [0, 0.05) is 20.2 Å². The lowest BCUT2D eigenvalue weighted by atomic mass is 10.1. The van der Waals surface area contributed by atoms with Crippen LogP contribution in [0.3, 0.4) is 0 Å². The van der Waals surface area contributed by atoms with Crippen LogP contribution in [0.25, 0.3) is 10.9 Å². The molecule has 0 saturated heterocycles. The Bertz CT molecular complexity index is 880. The Morgan fingerprint density at radius 2 is 1.86 bits per heavy atom. The Balaban J connectivity index is 1.97. The Labute approximate surface area is 143 Å². The third-order valence-electron chi connectivity index (χ3n) is 3.88. The number of fused-ring (bicyclic) bond motifs is 1. The first-order valence-corrected chi connectivity index (χ1v) is 8.20. The van der Waals surface area contributed by atoms with Gasteiger partial charge < -0.3 is 10.3 Å². The molecule has 2 N–H and O–H groups in total. The van der Waals surface area contributed by atoms with E-state index < -0.39 is 0 Å². The van der Waals surface area contributed by atoms with E-state index in [0.717, 1.165) is 31.3 Å². The predicted molar refractivity (Wildman–Crippen MR) is 99.6 cm³/mol. The lowest BCUT2D eigenvalue weighted by Crippen LogP contribution is -2.14. The summed E-state index contributed by atoms with van der Waals surface area (Å²) in [6, 6.07) is 12.2. The standard InChI is InChI=1S/C18H17IN2O/c1-10-4-6-16-14(8-10)12(3)17(20-16)18(22)21-15-7-5-13(19)9-11(15)2/h4-9,20H,1-3H3,(H,21,22). The SMILES string of the molecule is Cc1ccc2[nH]c(C(=O)Nc3ccc(I)cc3C)c(C)c2c1. The molecule has 2 aromatic carbocycles. The summed E-state index contributed by atoms with van der Waals surface area (Å²) in [5.41, 5.74) is 5.70. The second kappa shape index (κ2) is 5.76. The summed E-state index contributed by atoms with van der Waals surface area (Å²) >= 11 is 2.27. The van der Waals surface area contributed by atoms with Crippen molar-refractivity contribution in [3.05, 3.63) is 62.4 Å². The molecule has 0 fully saturated rings. The number of aryl methyl sites for hydroxylation is 3. The van der Waals surface area contributed by atoms with Crippen LogP contribution in [0.2, 0.25) is 0 Å². The molecule has 4 heteroatoms. The van der Waals surface area contributed by atoms with Crippen molar-refractivity contribution in [3.63, 3.8) is 0 Å². The molecule has 0 aliphatic carbocycles. The van der Waals surface area contributed by atoms with E-state index in [2.05, 4.69) is 51.9 Å². The molecule has 3 nitrogen and oxygen atoms in total. The van der Waals surface area contributed by atoms with Crippen LogP contribution in [0, 0.1) is 24.3 Å². The molecule has 0 aliphatic rings. The normalized spacial score (nSPS) is 10.9. The number of hydrogen-bond acceptors (Lipinski definition) is 1. The first-order chi connectivity index (χ1) is 10.5. The largest absolute Gasteiger partial charge is 0.350 e. The van der Waals surface area contributed by atoms with Gasteiger partial charge in [-0.15, -0.1) is 0 Å². The maximum Gasteiger partial charge on any atom is 0.272 e. The topological polar surface area (TPSA) is 44.9 Å². The number of hydrogen-bond donors (Lipinski definition) is 2. The number of carbonyl (C=O) groups is 1. The fourth-order valence-electron chi connectivity index (χ4n) is 2.62. The van der Waals surface area contributed by atoms with Gasteiger partial charge in [0.05, 0.1) is 0 Å². The van der Waals surface area contributed by atoms with Crippen LogP contribution in [-0.2, 0) is 0 Å². The zero-order valence-corrected chi connectivity index (χ0v) is 14.9. The minimum Gasteiger partial charge on any atom is -0.350 e. The zero-order chi connectivity index (χ0) is 15.9. The Morgan fingerprint density at radius 3 is 2.59 bits per heavy atom. The monoisotopic (exact) mass is 404 g/mol. The first-order valence-electron chi connectivity index (χ1n) is 7.12. The van der Waals surface area contributed by atoms with Gasteiger partial charge in [-0.25, -0.2) is 0 Å². The molecule has 22 heavy (non-hydrogen) atoms. The maximum atomic E-state index is 12.6. The summed E-state index contributed by atoms with van der Waals surface area (Å²) in [6.07, 6.45) is 0. The van der Waals surface area contributed by atoms with Crippen molar-refractivity contribution in [2.75, 3.05) is 5.32 Å². The summed E-state index contributed by atoms with van der Waals surface area (Å²) in [4.78, 5) is 15.8. The number of nitrogens with one attached hydrogen (secondary N) is 2. The van der Waals surface area contributed by atoms with Gasteiger partial charge in [0.15, 0.2) is 0 Å². The third-order valence-corrected chi connectivity index (χ3v) is 4.55. The van der Waals surface area contributed by atoms with Crippen molar-refractivity contribution in [3.8, 4) is 0 Å². The number of anilines is 1. The highest BCUT2D eigenvalue weighted by Gasteiger charge is 2.15. The van der Waals surface area contributed by atoms with Crippen LogP contribution in [0.4, 0.5) is 5.69 Å². The molecule has 1 aromatic heterocycles. The number of rotatable bonds is 2. The number of H-pyrrole nitrogens is 1. The lowest BCUT2D eigenvalue weighted by molar-refractivity contribution is 0.102. The quantitative estimate of drug-likeness (QED) is 0.584. The molecule has 0 aliphatic heterocycles. The van der Waals surface area contributed by atoms with Crippen molar-refractivity contribution in [1.29, 1.82) is 0 Å². The number of aromatic amines is 1. The molecule has 0 atom stereocenters. The van der Waals surface area contributed by atoms with E-state index in [1.807, 2.05) is 38.1 Å². The van der Waals surface area contributed by atoms with Crippen LogP contribution in [0.5, 0.6) is 0 Å². The number of carbonyl (C=O) groups excluding carboxylic acids is 1. The van der Waals surface area contributed by atoms with Crippen LogP contribution in [0.1, 0.15) is 27.2 Å². The maximum absolute atomic E-state index is 12.6. The number of benzene rings is 2. The van der Waals surface area contributed by atoms with Crippen molar-refractivity contribution in [2.45, 2.75) is 20.8 Å². The Hall–Kier alpha value is -1.82. The molecule has 0 unspecified atom stereocenters. The highest BCUT2D eigenvalue weighted by Crippen LogP contribution is 2.24. The molecule has 3 aromatic rings. The molecule has 1 amide bonds. The van der Waals surface area contributed by atoms with Gasteiger partial charge in [-0.3, -0.25) is 4.79 Å². The van der Waals surface area contributed by atoms with Crippen molar-refractivity contribution >= 4 is 45.1 Å². The zero-order valence-electron chi connectivity index (χ0n) is 12.8. The summed E-state index contributed by atoms with van der Waals surface area (Å²) in [5.74, 6) is -0.101. The van der Waals surface area contributed by atoms with E-state index in [4.69, 9.17) is 0 Å². The van der Waals surface area contributed by atoms with Crippen LogP contribution < -0.4 is 5.32 Å². The van der Waals surface area contributed by atoms with E-state index >= 15 is 0 Å². The molecule has 0 spiro atoms. The summed E-state index contributed by atoms with van der Waals surface area (Å²) in [6.45, 7) is 6.04. The minimum absolute atomic E-state index is 0.101. The summed E-state index contributed by atoms with van der Waals surface area (Å²) in [7, 11) is 0. The van der Waals surface area contributed by atoms with E-state index in [0.29, 0.717) is 5.69 Å². The average molecular weight is 404 g/mol. The molecule has 1 heterocycles. The van der Waals surface area contributed by atoms with E-state index in [1.54, 1.807) is 0 Å². The minimum atomic E-state index is -0.101. The van der Waals surface area contributed by atoms with Crippen LogP contribution >= 0.6 is 22.6 Å². The Morgan fingerprint density at radius 1 is 1.09 bits per heavy atom. The fourth-order valence-corrected chi connectivity index (χ4v) is 3.27. The van der Waals surface area contributed by atoms with E-state index in [-0.39, 0.29) is 5.91 Å². The second-order valence-electron chi connectivity index (χ2n) is 5.59. The number of aromatic nitrogens is 1. The highest BCUT2D eigenvalue weighted by atomic mass is 127. The molecule has 0 radical (unpaired) electrons. The third kappa shape index (κ3) is 2.75. The number of halogens is 1. The molecule has 112 valence electrons. The molecule has 3 rings (SSSR count). The van der Waals surface area contributed by atoms with Gasteiger partial charge in [0.25, 0.3) is 5.91 Å². The molecular weight excluding hydrogens is 387 g/mol. The van der Waals surface area contributed by atoms with Crippen molar-refractivity contribution in [2.24, 2.45) is 0 Å².